The zero-order valence-electron chi connectivity index (χ0n) is 7.87. The standard InChI is InChI=1S/C9H6Br2N4O/c10-5-1-2-6(11)7(3-5)14-9(16)8-12-4-13-15-8/h1-4H,(H,14,16)(H,12,13,15). The van der Waals surface area contributed by atoms with Gasteiger partial charge in [0.25, 0.3) is 5.91 Å². The number of carbonyl (C=O) groups excluding carboxylic acids is 1. The number of amides is 1. The van der Waals surface area contributed by atoms with Crippen molar-refractivity contribution in [2.24, 2.45) is 0 Å². The van der Waals surface area contributed by atoms with Crippen LogP contribution in [0.15, 0.2) is 33.5 Å². The van der Waals surface area contributed by atoms with E-state index in [1.54, 1.807) is 6.07 Å². The summed E-state index contributed by atoms with van der Waals surface area (Å²) >= 11 is 6.67. The number of aromatic amines is 1. The van der Waals surface area contributed by atoms with Crippen LogP contribution in [0.5, 0.6) is 0 Å². The minimum Gasteiger partial charge on any atom is -0.318 e. The third-order valence-corrected chi connectivity index (χ3v) is 2.99. The van der Waals surface area contributed by atoms with Crippen LogP contribution in [0.25, 0.3) is 0 Å². The van der Waals surface area contributed by atoms with Gasteiger partial charge >= 0.3 is 0 Å². The second-order valence-corrected chi connectivity index (χ2v) is 4.68. The first kappa shape index (κ1) is 11.3. The molecule has 0 spiro atoms. The van der Waals surface area contributed by atoms with Crippen LogP contribution in [-0.2, 0) is 0 Å². The molecule has 1 aromatic heterocycles. The minimum atomic E-state index is -0.337. The second-order valence-electron chi connectivity index (χ2n) is 2.91. The summed E-state index contributed by atoms with van der Waals surface area (Å²) in [6, 6.07) is 5.49. The summed E-state index contributed by atoms with van der Waals surface area (Å²) in [5, 5.41) is 8.80. The Labute approximate surface area is 108 Å². The molecule has 0 atom stereocenters. The van der Waals surface area contributed by atoms with Crippen LogP contribution in [0.2, 0.25) is 0 Å². The van der Waals surface area contributed by atoms with Gasteiger partial charge in [0, 0.05) is 8.95 Å². The summed E-state index contributed by atoms with van der Waals surface area (Å²) in [6.07, 6.45) is 1.28. The van der Waals surface area contributed by atoms with E-state index in [4.69, 9.17) is 0 Å². The average molecular weight is 346 g/mol. The number of rotatable bonds is 2. The van der Waals surface area contributed by atoms with Crippen molar-refractivity contribution < 1.29 is 4.79 Å². The number of carbonyl (C=O) groups is 1. The smallest absolute Gasteiger partial charge is 0.293 e. The molecule has 2 aromatic rings. The molecule has 0 aliphatic rings. The fourth-order valence-corrected chi connectivity index (χ4v) is 1.80. The van der Waals surface area contributed by atoms with Crippen LogP contribution in [0.3, 0.4) is 0 Å². The van der Waals surface area contributed by atoms with Crippen LogP contribution < -0.4 is 5.32 Å². The predicted molar refractivity (Wildman–Crippen MR) is 66.2 cm³/mol. The molecule has 82 valence electrons. The monoisotopic (exact) mass is 344 g/mol. The Morgan fingerprint density at radius 3 is 2.88 bits per heavy atom. The summed E-state index contributed by atoms with van der Waals surface area (Å²) in [5.41, 5.74) is 0.663. The molecule has 0 fully saturated rings. The fraction of sp³-hybridized carbons (Fsp3) is 0. The molecule has 5 nitrogen and oxygen atoms in total. The lowest BCUT2D eigenvalue weighted by atomic mass is 10.3. The maximum Gasteiger partial charge on any atom is 0.293 e. The first-order chi connectivity index (χ1) is 7.66. The summed E-state index contributed by atoms with van der Waals surface area (Å²) in [5.74, 6) is -0.164. The van der Waals surface area contributed by atoms with Crippen LogP contribution in [0.1, 0.15) is 10.6 Å². The highest BCUT2D eigenvalue weighted by Crippen LogP contribution is 2.26. The summed E-state index contributed by atoms with van der Waals surface area (Å²) in [7, 11) is 0. The van der Waals surface area contributed by atoms with E-state index in [0.717, 1.165) is 8.95 Å². The SMILES string of the molecule is O=C(Nc1cc(Br)ccc1Br)c1ncn[nH]1. The van der Waals surface area contributed by atoms with E-state index in [0.29, 0.717) is 5.69 Å². The Bertz CT molecular complexity index is 512. The summed E-state index contributed by atoms with van der Waals surface area (Å²) in [4.78, 5) is 15.4. The highest BCUT2D eigenvalue weighted by Gasteiger charge is 2.10. The van der Waals surface area contributed by atoms with Gasteiger partial charge in [0.2, 0.25) is 5.82 Å². The first-order valence-corrected chi connectivity index (χ1v) is 5.87. The molecule has 0 aliphatic heterocycles. The van der Waals surface area contributed by atoms with Crippen molar-refractivity contribution in [1.29, 1.82) is 0 Å². The molecule has 1 aromatic carbocycles. The van der Waals surface area contributed by atoms with Gasteiger partial charge in [-0.2, -0.15) is 5.10 Å². The lowest BCUT2D eigenvalue weighted by molar-refractivity contribution is 0.101. The Morgan fingerprint density at radius 2 is 2.19 bits per heavy atom. The molecule has 7 heteroatoms. The van der Waals surface area contributed by atoms with Gasteiger partial charge in [-0.1, -0.05) is 15.9 Å². The van der Waals surface area contributed by atoms with Crippen LogP contribution >= 0.6 is 31.9 Å². The van der Waals surface area contributed by atoms with Gasteiger partial charge in [0.05, 0.1) is 5.69 Å². The lowest BCUT2D eigenvalue weighted by Crippen LogP contribution is -2.14. The van der Waals surface area contributed by atoms with Gasteiger partial charge in [0.1, 0.15) is 6.33 Å². The topological polar surface area (TPSA) is 70.7 Å². The summed E-state index contributed by atoms with van der Waals surface area (Å²) < 4.78 is 1.67. The molecule has 2 N–H and O–H groups in total. The fourth-order valence-electron chi connectivity index (χ4n) is 1.09. The molecular weight excluding hydrogens is 340 g/mol. The zero-order valence-corrected chi connectivity index (χ0v) is 11.0. The van der Waals surface area contributed by atoms with Gasteiger partial charge < -0.3 is 5.32 Å². The number of nitrogens with zero attached hydrogens (tertiary/aromatic N) is 2. The van der Waals surface area contributed by atoms with Crippen molar-refractivity contribution in [3.05, 3.63) is 39.3 Å². The Morgan fingerprint density at radius 1 is 1.38 bits per heavy atom. The van der Waals surface area contributed by atoms with Crippen molar-refractivity contribution in [2.75, 3.05) is 5.32 Å². The third-order valence-electron chi connectivity index (χ3n) is 1.81. The number of aromatic nitrogens is 3. The molecule has 0 saturated carbocycles. The van der Waals surface area contributed by atoms with E-state index in [1.807, 2.05) is 12.1 Å². The van der Waals surface area contributed by atoms with Crippen LogP contribution in [0, 0.1) is 0 Å². The van der Waals surface area contributed by atoms with Crippen molar-refractivity contribution in [1.82, 2.24) is 15.2 Å². The quantitative estimate of drug-likeness (QED) is 0.878. The van der Waals surface area contributed by atoms with Gasteiger partial charge in [-0.25, -0.2) is 4.98 Å². The summed E-state index contributed by atoms with van der Waals surface area (Å²) in [6.45, 7) is 0. The predicted octanol–water partition coefficient (Wildman–Crippen LogP) is 2.58. The van der Waals surface area contributed by atoms with E-state index in [2.05, 4.69) is 52.4 Å². The van der Waals surface area contributed by atoms with Crippen molar-refractivity contribution >= 4 is 43.5 Å². The Balaban J connectivity index is 2.21. The van der Waals surface area contributed by atoms with Crippen molar-refractivity contribution in [2.45, 2.75) is 0 Å². The normalized spacial score (nSPS) is 10.1. The molecule has 0 saturated heterocycles. The van der Waals surface area contributed by atoms with E-state index >= 15 is 0 Å². The molecule has 0 bridgehead atoms. The zero-order chi connectivity index (χ0) is 11.5. The van der Waals surface area contributed by atoms with Gasteiger partial charge in [0.15, 0.2) is 0 Å². The average Bonchev–Trinajstić information content (AvgIpc) is 2.76. The molecular formula is C9H6Br2N4O. The molecule has 0 unspecified atom stereocenters. The Kier molecular flexibility index (Phi) is 3.35. The number of hydrogen-bond acceptors (Lipinski definition) is 3. The number of benzene rings is 1. The maximum atomic E-state index is 11.7. The second kappa shape index (κ2) is 4.75. The number of H-pyrrole nitrogens is 1. The molecule has 2 rings (SSSR count). The molecule has 0 radical (unpaired) electrons. The van der Waals surface area contributed by atoms with E-state index in [9.17, 15) is 4.79 Å². The minimum absolute atomic E-state index is 0.173. The number of nitrogens with one attached hydrogen (secondary N) is 2. The van der Waals surface area contributed by atoms with E-state index < -0.39 is 0 Å². The van der Waals surface area contributed by atoms with Crippen molar-refractivity contribution in [3.8, 4) is 0 Å². The lowest BCUT2D eigenvalue weighted by Gasteiger charge is -2.05. The van der Waals surface area contributed by atoms with E-state index in [1.165, 1.54) is 6.33 Å². The molecule has 1 heterocycles. The molecule has 1 amide bonds. The van der Waals surface area contributed by atoms with Gasteiger partial charge in [-0.15, -0.1) is 0 Å². The van der Waals surface area contributed by atoms with Gasteiger partial charge in [-0.05, 0) is 34.1 Å². The first-order valence-electron chi connectivity index (χ1n) is 4.28. The molecule has 0 aliphatic carbocycles. The molecule has 16 heavy (non-hydrogen) atoms. The number of anilines is 1. The number of hydrogen-bond donors (Lipinski definition) is 2. The van der Waals surface area contributed by atoms with Crippen LogP contribution in [-0.4, -0.2) is 21.1 Å². The highest BCUT2D eigenvalue weighted by atomic mass is 79.9. The largest absolute Gasteiger partial charge is 0.318 e. The van der Waals surface area contributed by atoms with Gasteiger partial charge in [-0.3, -0.25) is 9.89 Å². The van der Waals surface area contributed by atoms with Crippen LogP contribution in [0.4, 0.5) is 5.69 Å². The third kappa shape index (κ3) is 2.48. The highest BCUT2D eigenvalue weighted by molar-refractivity contribution is 9.11. The van der Waals surface area contributed by atoms with Crippen molar-refractivity contribution in [3.63, 3.8) is 0 Å². The Hall–Kier alpha value is -1.21. The van der Waals surface area contributed by atoms with E-state index in [-0.39, 0.29) is 11.7 Å². The number of halogens is 2. The maximum absolute atomic E-state index is 11.7.